The van der Waals surface area contributed by atoms with Gasteiger partial charge in [-0.25, -0.2) is 0 Å². The van der Waals surface area contributed by atoms with E-state index in [4.69, 9.17) is 9.05 Å². The Morgan fingerprint density at radius 2 is 1.09 bits per heavy atom. The van der Waals surface area contributed by atoms with Crippen LogP contribution in [0.25, 0.3) is 0 Å². The number of hydrogen-bond acceptors (Lipinski definition) is 6. The van der Waals surface area contributed by atoms with Crippen LogP contribution in [0.5, 0.6) is 0 Å². The summed E-state index contributed by atoms with van der Waals surface area (Å²) in [6.07, 6.45) is 29.1. The molecule has 0 spiro atoms. The molecule has 0 saturated heterocycles. The Bertz CT molecular complexity index is 703. The van der Waals surface area contributed by atoms with E-state index in [-0.39, 0.29) is 25.5 Å². The lowest BCUT2D eigenvalue weighted by atomic mass is 10.0. The number of phosphoric acid groups is 1. The summed E-state index contributed by atoms with van der Waals surface area (Å²) in [4.78, 5) is 24.1. The lowest BCUT2D eigenvalue weighted by Gasteiger charge is -2.30. The summed E-state index contributed by atoms with van der Waals surface area (Å²) in [6.45, 7) is 4.18. The van der Waals surface area contributed by atoms with Crippen LogP contribution in [0.2, 0.25) is 0 Å². The average Bonchev–Trinajstić information content (AvgIpc) is 2.96. The van der Waals surface area contributed by atoms with E-state index in [0.717, 1.165) is 19.3 Å². The number of rotatable bonds is 33. The molecule has 0 aliphatic rings. The number of nitrogens with zero attached hydrogens (tertiary/aromatic N) is 1. The zero-order valence-electron chi connectivity index (χ0n) is 29.6. The number of carbonyl (C=O) groups is 1. The van der Waals surface area contributed by atoms with Gasteiger partial charge in [0.2, 0.25) is 5.91 Å². The van der Waals surface area contributed by atoms with Crippen molar-refractivity contribution >= 4 is 13.7 Å². The Balaban J connectivity index is 3.79. The van der Waals surface area contributed by atoms with Crippen molar-refractivity contribution in [3.63, 3.8) is 0 Å². The quantitative estimate of drug-likeness (QED) is 0.0420. The van der Waals surface area contributed by atoms with Gasteiger partial charge in [-0.15, -0.1) is 0 Å². The van der Waals surface area contributed by atoms with Crippen molar-refractivity contribution in [3.05, 3.63) is 0 Å². The number of likely N-dealkylation sites (N-methyl/N-ethyl adjacent to an activating group) is 1. The van der Waals surface area contributed by atoms with Gasteiger partial charge in [-0.1, -0.05) is 155 Å². The molecule has 264 valence electrons. The minimum atomic E-state index is -4.52. The van der Waals surface area contributed by atoms with E-state index < -0.39 is 20.0 Å². The van der Waals surface area contributed by atoms with Gasteiger partial charge in [0, 0.05) is 6.42 Å². The van der Waals surface area contributed by atoms with E-state index in [1.165, 1.54) is 122 Å². The summed E-state index contributed by atoms with van der Waals surface area (Å²) in [5, 5.41) is 13.4. The first-order valence-electron chi connectivity index (χ1n) is 18.4. The summed E-state index contributed by atoms with van der Waals surface area (Å²) in [7, 11) is 1.30. The highest BCUT2D eigenvalue weighted by Crippen LogP contribution is 2.38. The summed E-state index contributed by atoms with van der Waals surface area (Å²) in [5.41, 5.74) is 0. The largest absolute Gasteiger partial charge is 0.756 e. The monoisotopic (exact) mass is 649 g/mol. The molecule has 44 heavy (non-hydrogen) atoms. The van der Waals surface area contributed by atoms with E-state index >= 15 is 0 Å². The zero-order chi connectivity index (χ0) is 32.9. The molecular weight excluding hydrogens is 575 g/mol. The second-order valence-electron chi connectivity index (χ2n) is 13.9. The average molecular weight is 649 g/mol. The van der Waals surface area contributed by atoms with Crippen LogP contribution in [-0.4, -0.2) is 68.5 Å². The van der Waals surface area contributed by atoms with E-state index in [9.17, 15) is 19.4 Å². The number of aliphatic hydroxyl groups is 1. The van der Waals surface area contributed by atoms with Crippen molar-refractivity contribution in [1.82, 2.24) is 5.32 Å². The smallest absolute Gasteiger partial charge is 0.268 e. The molecular formula is C35H73N2O6P. The molecule has 0 heterocycles. The summed E-state index contributed by atoms with van der Waals surface area (Å²) in [5.74, 6) is -0.251. The predicted octanol–water partition coefficient (Wildman–Crippen LogP) is 8.44. The molecule has 2 N–H and O–H groups in total. The molecule has 0 aliphatic heterocycles. The highest BCUT2D eigenvalue weighted by atomic mass is 31.2. The van der Waals surface area contributed by atoms with Crippen molar-refractivity contribution in [2.45, 2.75) is 180 Å². The SMILES string of the molecule is CCCCCCCCCCCCCCCCCCCCCCCCC(O)C(COP(=O)([O-])OCC[N+](C)(C)C)NC(=O)CC. The van der Waals surface area contributed by atoms with Crippen molar-refractivity contribution < 1.29 is 32.9 Å². The minimum Gasteiger partial charge on any atom is -0.756 e. The van der Waals surface area contributed by atoms with Crippen molar-refractivity contribution in [2.75, 3.05) is 40.9 Å². The number of unbranched alkanes of at least 4 members (excludes halogenated alkanes) is 21. The maximum atomic E-state index is 12.1. The second kappa shape index (κ2) is 28.7. The topological polar surface area (TPSA) is 108 Å². The molecule has 0 aromatic carbocycles. The van der Waals surface area contributed by atoms with Crippen LogP contribution in [0.4, 0.5) is 0 Å². The van der Waals surface area contributed by atoms with Crippen molar-refractivity contribution in [3.8, 4) is 0 Å². The number of aliphatic hydroxyl groups excluding tert-OH is 1. The van der Waals surface area contributed by atoms with E-state index in [1.807, 2.05) is 21.1 Å². The molecule has 1 amide bonds. The number of quaternary nitrogens is 1. The lowest BCUT2D eigenvalue weighted by molar-refractivity contribution is -0.870. The Morgan fingerprint density at radius 1 is 0.705 bits per heavy atom. The van der Waals surface area contributed by atoms with Gasteiger partial charge in [0.25, 0.3) is 7.82 Å². The molecule has 0 aromatic rings. The van der Waals surface area contributed by atoms with Gasteiger partial charge in [0.05, 0.1) is 39.9 Å². The Kier molecular flexibility index (Phi) is 28.4. The second-order valence-corrected chi connectivity index (χ2v) is 15.3. The van der Waals surface area contributed by atoms with E-state index in [2.05, 4.69) is 12.2 Å². The molecule has 0 aliphatic carbocycles. The first-order chi connectivity index (χ1) is 21.0. The highest BCUT2D eigenvalue weighted by molar-refractivity contribution is 7.45. The molecule has 0 rings (SSSR count). The third-order valence-corrected chi connectivity index (χ3v) is 9.37. The Morgan fingerprint density at radius 3 is 1.45 bits per heavy atom. The first kappa shape index (κ1) is 43.5. The fourth-order valence-electron chi connectivity index (χ4n) is 5.36. The van der Waals surface area contributed by atoms with Crippen LogP contribution in [-0.2, 0) is 18.4 Å². The third kappa shape index (κ3) is 30.2. The summed E-state index contributed by atoms with van der Waals surface area (Å²) < 4.78 is 22.7. The molecule has 0 saturated carbocycles. The third-order valence-electron chi connectivity index (χ3n) is 8.41. The number of hydrogen-bond donors (Lipinski definition) is 2. The van der Waals surface area contributed by atoms with Crippen molar-refractivity contribution in [1.29, 1.82) is 0 Å². The molecule has 0 radical (unpaired) electrons. The number of nitrogens with one attached hydrogen (secondary N) is 1. The Labute approximate surface area is 272 Å². The van der Waals surface area contributed by atoms with Gasteiger partial charge in [-0.3, -0.25) is 9.36 Å². The minimum absolute atomic E-state index is 0.0122. The van der Waals surface area contributed by atoms with E-state index in [0.29, 0.717) is 17.4 Å². The highest BCUT2D eigenvalue weighted by Gasteiger charge is 2.24. The van der Waals surface area contributed by atoms with Crippen LogP contribution in [0.1, 0.15) is 168 Å². The van der Waals surface area contributed by atoms with Crippen LogP contribution in [0.15, 0.2) is 0 Å². The van der Waals surface area contributed by atoms with Gasteiger partial charge >= 0.3 is 0 Å². The maximum Gasteiger partial charge on any atom is 0.268 e. The van der Waals surface area contributed by atoms with Crippen LogP contribution in [0, 0.1) is 0 Å². The Hall–Kier alpha value is -0.500. The van der Waals surface area contributed by atoms with E-state index in [1.54, 1.807) is 6.92 Å². The van der Waals surface area contributed by atoms with Gasteiger partial charge < -0.3 is 28.8 Å². The summed E-state index contributed by atoms with van der Waals surface area (Å²) >= 11 is 0. The number of phosphoric ester groups is 1. The maximum absolute atomic E-state index is 12.1. The van der Waals surface area contributed by atoms with Gasteiger partial charge in [-0.2, -0.15) is 0 Å². The summed E-state index contributed by atoms with van der Waals surface area (Å²) in [6, 6.07) is -0.790. The standard InChI is InChI=1S/C35H73N2O6P/c1-6-8-9-10-11-12-13-14-15-16-17-18-19-20-21-22-23-24-25-26-27-28-29-34(38)33(36-35(39)7-2)32-43-44(40,41)42-31-30-37(3,4)5/h33-34,38H,6-32H2,1-5H3,(H-,36,39,40,41). The van der Waals surface area contributed by atoms with Gasteiger partial charge in [-0.05, 0) is 6.42 Å². The number of carbonyl (C=O) groups excluding carboxylic acids is 1. The van der Waals surface area contributed by atoms with Crippen LogP contribution in [0.3, 0.4) is 0 Å². The fourth-order valence-corrected chi connectivity index (χ4v) is 6.08. The number of amides is 1. The molecule has 0 fully saturated rings. The van der Waals surface area contributed by atoms with Gasteiger partial charge in [0.1, 0.15) is 13.2 Å². The molecule has 0 aromatic heterocycles. The van der Waals surface area contributed by atoms with Crippen molar-refractivity contribution in [2.24, 2.45) is 0 Å². The fraction of sp³-hybridized carbons (Fsp3) is 0.971. The molecule has 0 bridgehead atoms. The normalized spacial score (nSPS) is 14.8. The predicted molar refractivity (Wildman–Crippen MR) is 183 cm³/mol. The molecule has 9 heteroatoms. The molecule has 3 atom stereocenters. The zero-order valence-corrected chi connectivity index (χ0v) is 30.5. The van der Waals surface area contributed by atoms with Gasteiger partial charge in [0.15, 0.2) is 0 Å². The lowest BCUT2D eigenvalue weighted by Crippen LogP contribution is -2.46. The molecule has 8 nitrogen and oxygen atoms in total. The van der Waals surface area contributed by atoms with Crippen LogP contribution < -0.4 is 10.2 Å². The van der Waals surface area contributed by atoms with Crippen LogP contribution >= 0.6 is 7.82 Å². The molecule has 3 unspecified atom stereocenters. The first-order valence-corrected chi connectivity index (χ1v) is 19.8.